The van der Waals surface area contributed by atoms with Crippen molar-refractivity contribution in [3.8, 4) is 45.3 Å². The number of para-hydroxylation sites is 4. The summed E-state index contributed by atoms with van der Waals surface area (Å²) in [4.78, 5) is 9.35. The number of hydrogen-bond acceptors (Lipinski definition) is 4. The van der Waals surface area contributed by atoms with E-state index in [0.717, 1.165) is 89.5 Å². The molecule has 0 saturated carbocycles. The van der Waals surface area contributed by atoms with Gasteiger partial charge in [-0.1, -0.05) is 126 Å². The SMILES string of the molecule is Cc1ccnc(-n2c3[c-]c(Oc4[c-]c(N5[CH-]N(c6c(-c7ccccc7)cccc6-c6ccccc6)c6ccccc65)ccc4)cc4c3c3c2cccc3n4-c2ccccc2)c1.[Pt]. The van der Waals surface area contributed by atoms with E-state index in [0.29, 0.717) is 11.5 Å². The minimum Gasteiger partial charge on any atom is -0.509 e. The third kappa shape index (κ3) is 6.09. The van der Waals surface area contributed by atoms with Crippen LogP contribution in [0.25, 0.3) is 66.6 Å². The van der Waals surface area contributed by atoms with Crippen LogP contribution in [0.4, 0.5) is 22.7 Å². The molecule has 0 N–H and O–H groups in total. The number of aryl methyl sites for hydroxylation is 1. The maximum Gasteiger partial charge on any atom is 0.135 e. The number of aromatic nitrogens is 3. The van der Waals surface area contributed by atoms with Gasteiger partial charge in [-0.25, -0.2) is 4.98 Å². The topological polar surface area (TPSA) is 38.5 Å². The Morgan fingerprint density at radius 3 is 1.82 bits per heavy atom. The molecule has 300 valence electrons. The zero-order valence-corrected chi connectivity index (χ0v) is 35.8. The van der Waals surface area contributed by atoms with Crippen molar-refractivity contribution in [2.75, 3.05) is 9.80 Å². The van der Waals surface area contributed by atoms with Gasteiger partial charge in [-0.05, 0) is 83.0 Å². The van der Waals surface area contributed by atoms with Gasteiger partial charge in [0.15, 0.2) is 0 Å². The number of ether oxygens (including phenoxy) is 1. The maximum atomic E-state index is 6.84. The number of fused-ring (bicyclic) bond motifs is 1. The largest absolute Gasteiger partial charge is 0.509 e. The molecule has 0 bridgehead atoms. The molecule has 7 heteroatoms. The Morgan fingerprint density at radius 2 is 1.13 bits per heavy atom. The average molecular weight is 978 g/mol. The van der Waals surface area contributed by atoms with Crippen molar-refractivity contribution in [3.63, 3.8) is 0 Å². The zero-order chi connectivity index (χ0) is 40.4. The normalized spacial score (nSPS) is 12.3. The van der Waals surface area contributed by atoms with Crippen LogP contribution in [0, 0.1) is 25.7 Å². The second kappa shape index (κ2) is 15.3. The minimum absolute atomic E-state index is 0. The number of rotatable bonds is 8. The van der Waals surface area contributed by atoms with E-state index in [1.165, 1.54) is 5.39 Å². The second-order valence-electron chi connectivity index (χ2n) is 15.4. The smallest absolute Gasteiger partial charge is 0.135 e. The van der Waals surface area contributed by atoms with Crippen molar-refractivity contribution < 1.29 is 25.8 Å². The molecule has 0 saturated heterocycles. The quantitative estimate of drug-likeness (QED) is 0.142. The molecular weight excluding hydrogens is 942 g/mol. The van der Waals surface area contributed by atoms with Gasteiger partial charge in [0, 0.05) is 83.7 Å². The van der Waals surface area contributed by atoms with Crippen molar-refractivity contribution in [2.24, 2.45) is 0 Å². The summed E-state index contributed by atoms with van der Waals surface area (Å²) >= 11 is 0. The summed E-state index contributed by atoms with van der Waals surface area (Å²) in [7, 11) is 0. The van der Waals surface area contributed by atoms with E-state index in [9.17, 15) is 0 Å². The molecule has 0 atom stereocenters. The maximum absolute atomic E-state index is 6.84. The molecule has 11 aromatic rings. The summed E-state index contributed by atoms with van der Waals surface area (Å²) in [5, 5.41) is 2.30. The fraction of sp³-hybridized carbons (Fsp3) is 0.0182. The Labute approximate surface area is 374 Å². The summed E-state index contributed by atoms with van der Waals surface area (Å²) in [5.41, 5.74) is 15.0. The van der Waals surface area contributed by atoms with Gasteiger partial charge in [0.25, 0.3) is 0 Å². The molecule has 1 aliphatic rings. The van der Waals surface area contributed by atoms with Crippen LogP contribution in [-0.4, -0.2) is 14.1 Å². The van der Waals surface area contributed by atoms with Gasteiger partial charge in [0.05, 0.1) is 0 Å². The molecule has 0 aliphatic carbocycles. The van der Waals surface area contributed by atoms with Crippen molar-refractivity contribution in [1.29, 1.82) is 0 Å². The Balaban J connectivity index is 0.00000432. The third-order valence-corrected chi connectivity index (χ3v) is 11.7. The van der Waals surface area contributed by atoms with Gasteiger partial charge in [0.1, 0.15) is 5.82 Å². The summed E-state index contributed by atoms with van der Waals surface area (Å²) in [6.45, 7) is 4.27. The number of nitrogens with zero attached hydrogens (tertiary/aromatic N) is 5. The van der Waals surface area contributed by atoms with Crippen LogP contribution in [0.15, 0.2) is 194 Å². The van der Waals surface area contributed by atoms with Crippen molar-refractivity contribution >= 4 is 55.6 Å². The van der Waals surface area contributed by atoms with Gasteiger partial charge < -0.3 is 23.7 Å². The van der Waals surface area contributed by atoms with E-state index < -0.39 is 0 Å². The minimum atomic E-state index is 0. The van der Waals surface area contributed by atoms with E-state index in [4.69, 9.17) is 9.72 Å². The fourth-order valence-corrected chi connectivity index (χ4v) is 9.06. The molecule has 0 radical (unpaired) electrons. The molecule has 0 spiro atoms. The first-order valence-corrected chi connectivity index (χ1v) is 20.5. The molecule has 1 aliphatic heterocycles. The predicted octanol–water partition coefficient (Wildman–Crippen LogP) is 14.0. The molecule has 3 aromatic heterocycles. The van der Waals surface area contributed by atoms with E-state index in [1.54, 1.807) is 0 Å². The summed E-state index contributed by atoms with van der Waals surface area (Å²) < 4.78 is 11.4. The Hall–Kier alpha value is -7.40. The summed E-state index contributed by atoms with van der Waals surface area (Å²) in [6.07, 6.45) is 1.87. The monoisotopic (exact) mass is 977 g/mol. The van der Waals surface area contributed by atoms with Crippen molar-refractivity contribution in [1.82, 2.24) is 14.1 Å². The first-order valence-electron chi connectivity index (χ1n) is 20.5. The zero-order valence-electron chi connectivity index (χ0n) is 33.5. The van der Waals surface area contributed by atoms with Crippen LogP contribution < -0.4 is 14.5 Å². The number of hydrogen-bond donors (Lipinski definition) is 0. The first-order chi connectivity index (χ1) is 30.2. The molecule has 8 aromatic carbocycles. The standard InChI is InChI=1S/C55H36N5O.Pt/c1-37-30-31-56-52(32-37)60-49-29-15-28-48-53(49)54-50(59(48)40-20-9-4-10-21-40)34-43(35-51(54)60)61-42-23-13-22-41(33-42)57-36-58(47-27-12-11-26-46(47)57)55-44(38-16-5-2-6-17-38)24-14-25-45(55)39-18-7-3-8-19-39;/h2-32,34,36H,1H3;/q-3;. The van der Waals surface area contributed by atoms with Crippen molar-refractivity contribution in [3.05, 3.63) is 219 Å². The molecule has 0 unspecified atom stereocenters. The number of pyridine rings is 1. The Bertz CT molecular complexity index is 3340. The second-order valence-corrected chi connectivity index (χ2v) is 15.4. The van der Waals surface area contributed by atoms with Crippen LogP contribution in [0.3, 0.4) is 0 Å². The van der Waals surface area contributed by atoms with Gasteiger partial charge in [0.2, 0.25) is 0 Å². The molecule has 0 fully saturated rings. The molecule has 12 rings (SSSR count). The van der Waals surface area contributed by atoms with Crippen LogP contribution >= 0.6 is 0 Å². The van der Waals surface area contributed by atoms with Crippen LogP contribution in [0.1, 0.15) is 5.56 Å². The number of anilines is 4. The fourth-order valence-electron chi connectivity index (χ4n) is 9.06. The Kier molecular flexibility index (Phi) is 9.25. The molecule has 62 heavy (non-hydrogen) atoms. The van der Waals surface area contributed by atoms with Gasteiger partial charge in [-0.15, -0.1) is 42.7 Å². The van der Waals surface area contributed by atoms with Crippen LogP contribution in [0.2, 0.25) is 0 Å². The third-order valence-electron chi connectivity index (χ3n) is 11.7. The number of benzene rings is 8. The molecule has 6 nitrogen and oxygen atoms in total. The van der Waals surface area contributed by atoms with E-state index >= 15 is 0 Å². The predicted molar refractivity (Wildman–Crippen MR) is 248 cm³/mol. The van der Waals surface area contributed by atoms with E-state index in [1.807, 2.05) is 24.4 Å². The van der Waals surface area contributed by atoms with Crippen LogP contribution in [0.5, 0.6) is 11.5 Å². The Morgan fingerprint density at radius 1 is 0.516 bits per heavy atom. The van der Waals surface area contributed by atoms with Gasteiger partial charge in [-0.2, -0.15) is 6.07 Å². The average Bonchev–Trinajstić information content (AvgIpc) is 3.98. The summed E-state index contributed by atoms with van der Waals surface area (Å²) in [6, 6.07) is 73.0. The van der Waals surface area contributed by atoms with Gasteiger partial charge in [-0.3, -0.25) is 0 Å². The first kappa shape index (κ1) is 37.6. The van der Waals surface area contributed by atoms with Crippen LogP contribution in [-0.2, 0) is 21.1 Å². The van der Waals surface area contributed by atoms with Crippen molar-refractivity contribution in [2.45, 2.75) is 6.92 Å². The molecular formula is C55H36N5OPt-3. The molecule has 0 amide bonds. The van der Waals surface area contributed by atoms with Gasteiger partial charge >= 0.3 is 0 Å². The molecule has 4 heterocycles. The van der Waals surface area contributed by atoms with E-state index in [2.05, 4.69) is 215 Å². The summed E-state index contributed by atoms with van der Waals surface area (Å²) in [5.74, 6) is 2.01. The van der Waals surface area contributed by atoms with E-state index in [-0.39, 0.29) is 21.1 Å².